The number of hydrogen-bond acceptors (Lipinski definition) is 2. The van der Waals surface area contributed by atoms with Crippen LogP contribution in [0.25, 0.3) is 10.8 Å². The van der Waals surface area contributed by atoms with E-state index in [0.717, 1.165) is 16.6 Å². The van der Waals surface area contributed by atoms with Crippen LogP contribution >= 0.6 is 0 Å². The molecule has 2 N–H and O–H groups in total. The van der Waals surface area contributed by atoms with Gasteiger partial charge in [-0.3, -0.25) is 4.79 Å². The van der Waals surface area contributed by atoms with E-state index in [0.29, 0.717) is 12.1 Å². The van der Waals surface area contributed by atoms with E-state index in [1.54, 1.807) is 12.4 Å². The molecule has 0 saturated heterocycles. The Balaban J connectivity index is 1.77. The average Bonchev–Trinajstić information content (AvgIpc) is 2.97. The Morgan fingerprint density at radius 2 is 2.00 bits per heavy atom. The highest BCUT2D eigenvalue weighted by molar-refractivity contribution is 5.98. The fourth-order valence-electron chi connectivity index (χ4n) is 1.99. The van der Waals surface area contributed by atoms with Crippen LogP contribution in [0, 0.1) is 0 Å². The molecule has 1 amide bonds. The van der Waals surface area contributed by atoms with Gasteiger partial charge in [0.2, 0.25) is 0 Å². The summed E-state index contributed by atoms with van der Waals surface area (Å²) >= 11 is 0. The standard InChI is InChI=1S/C15H13N3O/c19-15(18-10-14-16-7-8-17-14)13-6-5-11-3-1-2-4-12(11)9-13/h1-9H,10H2,(H,16,17)(H,18,19). The first kappa shape index (κ1) is 11.5. The first-order valence-corrected chi connectivity index (χ1v) is 6.08. The van der Waals surface area contributed by atoms with Gasteiger partial charge in [0.25, 0.3) is 5.91 Å². The van der Waals surface area contributed by atoms with Gasteiger partial charge in [-0.15, -0.1) is 0 Å². The van der Waals surface area contributed by atoms with E-state index >= 15 is 0 Å². The highest BCUT2D eigenvalue weighted by Gasteiger charge is 2.06. The van der Waals surface area contributed by atoms with Crippen molar-refractivity contribution in [3.63, 3.8) is 0 Å². The molecule has 0 bridgehead atoms. The van der Waals surface area contributed by atoms with Crippen LogP contribution in [0.3, 0.4) is 0 Å². The highest BCUT2D eigenvalue weighted by Crippen LogP contribution is 2.15. The normalized spacial score (nSPS) is 10.5. The second-order valence-corrected chi connectivity index (χ2v) is 4.28. The summed E-state index contributed by atoms with van der Waals surface area (Å²) in [6.45, 7) is 0.401. The van der Waals surface area contributed by atoms with E-state index in [4.69, 9.17) is 0 Å². The van der Waals surface area contributed by atoms with Crippen molar-refractivity contribution in [1.82, 2.24) is 15.3 Å². The van der Waals surface area contributed by atoms with Gasteiger partial charge < -0.3 is 10.3 Å². The van der Waals surface area contributed by atoms with E-state index in [2.05, 4.69) is 15.3 Å². The van der Waals surface area contributed by atoms with Crippen LogP contribution in [0.1, 0.15) is 16.2 Å². The molecule has 94 valence electrons. The first-order chi connectivity index (χ1) is 9.33. The van der Waals surface area contributed by atoms with Crippen LogP contribution in [-0.2, 0) is 6.54 Å². The van der Waals surface area contributed by atoms with Gasteiger partial charge in [-0.05, 0) is 22.9 Å². The van der Waals surface area contributed by atoms with Gasteiger partial charge >= 0.3 is 0 Å². The molecule has 4 nitrogen and oxygen atoms in total. The number of H-pyrrole nitrogens is 1. The number of aromatic amines is 1. The SMILES string of the molecule is O=C(NCc1ncc[nH]1)c1ccc2ccccc2c1. The minimum Gasteiger partial charge on any atom is -0.347 e. The third kappa shape index (κ3) is 2.47. The molecule has 19 heavy (non-hydrogen) atoms. The van der Waals surface area contributed by atoms with Crippen molar-refractivity contribution >= 4 is 16.7 Å². The molecule has 0 aliphatic rings. The minimum absolute atomic E-state index is 0.0952. The number of imidazole rings is 1. The Morgan fingerprint density at radius 3 is 2.79 bits per heavy atom. The van der Waals surface area contributed by atoms with Gasteiger partial charge in [0, 0.05) is 18.0 Å². The van der Waals surface area contributed by atoms with Crippen LogP contribution in [0.5, 0.6) is 0 Å². The fourth-order valence-corrected chi connectivity index (χ4v) is 1.99. The molecule has 0 aliphatic heterocycles. The van der Waals surface area contributed by atoms with Crippen LogP contribution in [0.15, 0.2) is 54.9 Å². The van der Waals surface area contributed by atoms with Crippen LogP contribution in [0.4, 0.5) is 0 Å². The molecule has 1 aromatic heterocycles. The van der Waals surface area contributed by atoms with E-state index in [1.165, 1.54) is 0 Å². The molecule has 0 aliphatic carbocycles. The van der Waals surface area contributed by atoms with Crippen LogP contribution < -0.4 is 5.32 Å². The topological polar surface area (TPSA) is 57.8 Å². The maximum absolute atomic E-state index is 12.0. The van der Waals surface area contributed by atoms with Gasteiger partial charge in [-0.2, -0.15) is 0 Å². The molecule has 0 unspecified atom stereocenters. The average molecular weight is 251 g/mol. The maximum atomic E-state index is 12.0. The van der Waals surface area contributed by atoms with Crippen LogP contribution in [-0.4, -0.2) is 15.9 Å². The number of nitrogens with one attached hydrogen (secondary N) is 2. The molecular formula is C15H13N3O. The molecule has 1 heterocycles. The minimum atomic E-state index is -0.0952. The summed E-state index contributed by atoms with van der Waals surface area (Å²) in [4.78, 5) is 19.0. The zero-order chi connectivity index (χ0) is 13.1. The molecule has 3 rings (SSSR count). The third-order valence-electron chi connectivity index (χ3n) is 2.98. The molecule has 2 aromatic carbocycles. The molecular weight excluding hydrogens is 238 g/mol. The lowest BCUT2D eigenvalue weighted by atomic mass is 10.1. The highest BCUT2D eigenvalue weighted by atomic mass is 16.1. The zero-order valence-electron chi connectivity index (χ0n) is 10.3. The van der Waals surface area contributed by atoms with Gasteiger partial charge in [0.15, 0.2) is 0 Å². The number of rotatable bonds is 3. The number of benzene rings is 2. The third-order valence-corrected chi connectivity index (χ3v) is 2.98. The Kier molecular flexibility index (Phi) is 2.98. The summed E-state index contributed by atoms with van der Waals surface area (Å²) in [5.74, 6) is 0.649. The van der Waals surface area contributed by atoms with Crippen molar-refractivity contribution in [2.24, 2.45) is 0 Å². The number of carbonyl (C=O) groups is 1. The van der Waals surface area contributed by atoms with Crippen molar-refractivity contribution in [3.05, 3.63) is 66.2 Å². The van der Waals surface area contributed by atoms with Crippen molar-refractivity contribution in [3.8, 4) is 0 Å². The van der Waals surface area contributed by atoms with E-state index < -0.39 is 0 Å². The number of hydrogen-bond donors (Lipinski definition) is 2. The smallest absolute Gasteiger partial charge is 0.251 e. The predicted octanol–water partition coefficient (Wildman–Crippen LogP) is 2.49. The van der Waals surface area contributed by atoms with E-state index in [1.807, 2.05) is 42.5 Å². The lowest BCUT2D eigenvalue weighted by Gasteiger charge is -2.05. The Bertz CT molecular complexity index is 704. The summed E-state index contributed by atoms with van der Waals surface area (Å²) in [5.41, 5.74) is 0.658. The Labute approximate surface area is 110 Å². The molecule has 0 radical (unpaired) electrons. The molecule has 0 spiro atoms. The van der Waals surface area contributed by atoms with Gasteiger partial charge in [-0.1, -0.05) is 30.3 Å². The molecule has 4 heteroatoms. The van der Waals surface area contributed by atoms with Gasteiger partial charge in [0.1, 0.15) is 5.82 Å². The summed E-state index contributed by atoms with van der Waals surface area (Å²) in [5, 5.41) is 5.03. The Morgan fingerprint density at radius 1 is 1.16 bits per heavy atom. The number of amides is 1. The fraction of sp³-hybridized carbons (Fsp3) is 0.0667. The number of carbonyl (C=O) groups excluding carboxylic acids is 1. The van der Waals surface area contributed by atoms with Crippen molar-refractivity contribution in [2.45, 2.75) is 6.54 Å². The summed E-state index contributed by atoms with van der Waals surface area (Å²) in [7, 11) is 0. The van der Waals surface area contributed by atoms with Crippen molar-refractivity contribution in [1.29, 1.82) is 0 Å². The van der Waals surface area contributed by atoms with Crippen molar-refractivity contribution in [2.75, 3.05) is 0 Å². The summed E-state index contributed by atoms with van der Waals surface area (Å²) in [6.07, 6.45) is 3.40. The molecule has 0 fully saturated rings. The lowest BCUT2D eigenvalue weighted by Crippen LogP contribution is -2.23. The zero-order valence-corrected chi connectivity index (χ0v) is 10.3. The molecule has 0 atom stereocenters. The molecule has 0 saturated carbocycles. The number of nitrogens with zero attached hydrogens (tertiary/aromatic N) is 1. The second kappa shape index (κ2) is 4.94. The monoisotopic (exact) mass is 251 g/mol. The molecule has 3 aromatic rings. The summed E-state index contributed by atoms with van der Waals surface area (Å²) in [6, 6.07) is 13.7. The van der Waals surface area contributed by atoms with Gasteiger partial charge in [-0.25, -0.2) is 4.98 Å². The lowest BCUT2D eigenvalue weighted by molar-refractivity contribution is 0.0950. The number of aromatic nitrogens is 2. The predicted molar refractivity (Wildman–Crippen MR) is 73.7 cm³/mol. The van der Waals surface area contributed by atoms with Gasteiger partial charge in [0.05, 0.1) is 6.54 Å². The number of fused-ring (bicyclic) bond motifs is 1. The Hall–Kier alpha value is -2.62. The second-order valence-electron chi connectivity index (χ2n) is 4.28. The first-order valence-electron chi connectivity index (χ1n) is 6.08. The maximum Gasteiger partial charge on any atom is 0.251 e. The van der Waals surface area contributed by atoms with E-state index in [9.17, 15) is 4.79 Å². The van der Waals surface area contributed by atoms with E-state index in [-0.39, 0.29) is 5.91 Å². The van der Waals surface area contributed by atoms with Crippen molar-refractivity contribution < 1.29 is 4.79 Å². The quantitative estimate of drug-likeness (QED) is 0.751. The van der Waals surface area contributed by atoms with Crippen LogP contribution in [0.2, 0.25) is 0 Å². The largest absolute Gasteiger partial charge is 0.347 e. The summed E-state index contributed by atoms with van der Waals surface area (Å²) < 4.78 is 0.